The SMILES string of the molecule is CC(C)(C)CCOC(=O)c1ccn(-c2ccccc2N)n1. The third-order valence-corrected chi connectivity index (χ3v) is 3.07. The van der Waals surface area contributed by atoms with E-state index >= 15 is 0 Å². The number of esters is 1. The van der Waals surface area contributed by atoms with Crippen LogP contribution in [0.25, 0.3) is 5.69 Å². The number of aromatic nitrogens is 2. The van der Waals surface area contributed by atoms with Crippen molar-refractivity contribution in [2.24, 2.45) is 5.41 Å². The van der Waals surface area contributed by atoms with Crippen molar-refractivity contribution < 1.29 is 9.53 Å². The van der Waals surface area contributed by atoms with Gasteiger partial charge in [-0.2, -0.15) is 5.10 Å². The highest BCUT2D eigenvalue weighted by atomic mass is 16.5. The van der Waals surface area contributed by atoms with Gasteiger partial charge >= 0.3 is 5.97 Å². The molecule has 5 nitrogen and oxygen atoms in total. The maximum absolute atomic E-state index is 11.9. The summed E-state index contributed by atoms with van der Waals surface area (Å²) in [6, 6.07) is 8.99. The second kappa shape index (κ2) is 5.99. The minimum Gasteiger partial charge on any atom is -0.461 e. The molecule has 1 aromatic carbocycles. The van der Waals surface area contributed by atoms with Crippen LogP contribution in [0.4, 0.5) is 5.69 Å². The summed E-state index contributed by atoms with van der Waals surface area (Å²) in [5.41, 5.74) is 7.66. The van der Waals surface area contributed by atoms with Gasteiger partial charge in [0, 0.05) is 6.20 Å². The molecule has 0 saturated heterocycles. The van der Waals surface area contributed by atoms with Crippen molar-refractivity contribution in [3.8, 4) is 5.69 Å². The van der Waals surface area contributed by atoms with E-state index < -0.39 is 5.97 Å². The van der Waals surface area contributed by atoms with Gasteiger partial charge < -0.3 is 10.5 Å². The third kappa shape index (κ3) is 4.08. The first-order chi connectivity index (χ1) is 9.87. The Labute approximate surface area is 124 Å². The van der Waals surface area contributed by atoms with Gasteiger partial charge in [-0.1, -0.05) is 32.9 Å². The lowest BCUT2D eigenvalue weighted by molar-refractivity contribution is 0.0457. The van der Waals surface area contributed by atoms with Crippen LogP contribution in [0.3, 0.4) is 0 Å². The normalized spacial score (nSPS) is 11.4. The summed E-state index contributed by atoms with van der Waals surface area (Å²) in [5, 5.41) is 4.22. The molecular formula is C16H21N3O2. The highest BCUT2D eigenvalue weighted by Crippen LogP contribution is 2.19. The molecule has 1 heterocycles. The number of carbonyl (C=O) groups excluding carboxylic acids is 1. The Morgan fingerprint density at radius 3 is 2.67 bits per heavy atom. The van der Waals surface area contributed by atoms with Crippen molar-refractivity contribution in [1.29, 1.82) is 0 Å². The van der Waals surface area contributed by atoms with Crippen LogP contribution in [0.2, 0.25) is 0 Å². The first-order valence-electron chi connectivity index (χ1n) is 6.94. The van der Waals surface area contributed by atoms with Gasteiger partial charge in [0.05, 0.1) is 18.0 Å². The number of hydrogen-bond donors (Lipinski definition) is 1. The maximum atomic E-state index is 11.9. The molecule has 0 aliphatic heterocycles. The number of ether oxygens (including phenoxy) is 1. The number of hydrogen-bond acceptors (Lipinski definition) is 4. The number of nitrogens with zero attached hydrogens (tertiary/aromatic N) is 2. The molecule has 0 radical (unpaired) electrons. The van der Waals surface area contributed by atoms with Crippen molar-refractivity contribution in [3.63, 3.8) is 0 Å². The number of rotatable bonds is 4. The van der Waals surface area contributed by atoms with Crippen LogP contribution >= 0.6 is 0 Å². The van der Waals surface area contributed by atoms with Crippen LogP contribution < -0.4 is 5.73 Å². The van der Waals surface area contributed by atoms with E-state index in [2.05, 4.69) is 25.9 Å². The van der Waals surface area contributed by atoms with Crippen molar-refractivity contribution in [1.82, 2.24) is 9.78 Å². The summed E-state index contributed by atoms with van der Waals surface area (Å²) >= 11 is 0. The number of para-hydroxylation sites is 2. The van der Waals surface area contributed by atoms with Crippen molar-refractivity contribution >= 4 is 11.7 Å². The fraction of sp³-hybridized carbons (Fsp3) is 0.375. The Hall–Kier alpha value is -2.30. The first kappa shape index (κ1) is 15.1. The molecular weight excluding hydrogens is 266 g/mol. The largest absolute Gasteiger partial charge is 0.461 e. The minimum absolute atomic E-state index is 0.137. The zero-order valence-electron chi connectivity index (χ0n) is 12.7. The average Bonchev–Trinajstić information content (AvgIpc) is 2.87. The van der Waals surface area contributed by atoms with Gasteiger partial charge in [0.2, 0.25) is 0 Å². The van der Waals surface area contributed by atoms with Crippen LogP contribution in [0.15, 0.2) is 36.5 Å². The summed E-state index contributed by atoms with van der Waals surface area (Å²) in [5.74, 6) is -0.410. The molecule has 2 N–H and O–H groups in total. The van der Waals surface area contributed by atoms with Gasteiger partial charge in [-0.05, 0) is 30.0 Å². The zero-order chi connectivity index (χ0) is 15.5. The lowest BCUT2D eigenvalue weighted by atomic mass is 9.93. The van der Waals surface area contributed by atoms with E-state index in [1.807, 2.05) is 18.2 Å². The quantitative estimate of drug-likeness (QED) is 0.693. The standard InChI is InChI=1S/C16H21N3O2/c1-16(2,3)9-11-21-15(20)13-8-10-19(18-13)14-7-5-4-6-12(14)17/h4-8,10H,9,11,17H2,1-3H3. The van der Waals surface area contributed by atoms with E-state index in [9.17, 15) is 4.79 Å². The molecule has 2 rings (SSSR count). The van der Waals surface area contributed by atoms with Gasteiger partial charge in [0.25, 0.3) is 0 Å². The number of nitrogen functional groups attached to an aromatic ring is 1. The molecule has 0 saturated carbocycles. The maximum Gasteiger partial charge on any atom is 0.358 e. The van der Waals surface area contributed by atoms with E-state index in [-0.39, 0.29) is 11.1 Å². The van der Waals surface area contributed by atoms with Crippen molar-refractivity contribution in [2.75, 3.05) is 12.3 Å². The lowest BCUT2D eigenvalue weighted by Crippen LogP contribution is -2.14. The Morgan fingerprint density at radius 2 is 2.00 bits per heavy atom. The smallest absolute Gasteiger partial charge is 0.358 e. The fourth-order valence-electron chi connectivity index (χ4n) is 1.79. The van der Waals surface area contributed by atoms with E-state index in [1.165, 1.54) is 0 Å². The molecule has 0 amide bonds. The summed E-state index contributed by atoms with van der Waals surface area (Å²) in [4.78, 5) is 11.9. The molecule has 0 atom stereocenters. The second-order valence-electron chi connectivity index (χ2n) is 6.15. The van der Waals surface area contributed by atoms with Crippen LogP contribution in [-0.2, 0) is 4.74 Å². The van der Waals surface area contributed by atoms with Gasteiger partial charge in [-0.15, -0.1) is 0 Å². The van der Waals surface area contributed by atoms with Crippen LogP contribution in [0.5, 0.6) is 0 Å². The van der Waals surface area contributed by atoms with Gasteiger partial charge in [0.1, 0.15) is 0 Å². The second-order valence-corrected chi connectivity index (χ2v) is 6.15. The number of anilines is 1. The molecule has 112 valence electrons. The molecule has 21 heavy (non-hydrogen) atoms. The Bertz CT molecular complexity index is 626. The van der Waals surface area contributed by atoms with E-state index in [0.717, 1.165) is 12.1 Å². The molecule has 0 unspecified atom stereocenters. The summed E-state index contributed by atoms with van der Waals surface area (Å²) in [7, 11) is 0. The number of carbonyl (C=O) groups is 1. The summed E-state index contributed by atoms with van der Waals surface area (Å²) in [6.45, 7) is 6.71. The molecule has 0 aliphatic carbocycles. The van der Waals surface area contributed by atoms with Crippen LogP contribution in [0.1, 0.15) is 37.7 Å². The molecule has 0 fully saturated rings. The van der Waals surface area contributed by atoms with E-state index in [4.69, 9.17) is 10.5 Å². The predicted octanol–water partition coefficient (Wildman–Crippen LogP) is 3.05. The molecule has 0 bridgehead atoms. The molecule has 1 aromatic heterocycles. The van der Waals surface area contributed by atoms with Crippen molar-refractivity contribution in [2.45, 2.75) is 27.2 Å². The molecule has 0 spiro atoms. The van der Waals surface area contributed by atoms with Crippen LogP contribution in [0, 0.1) is 5.41 Å². The number of nitrogens with two attached hydrogens (primary N) is 1. The van der Waals surface area contributed by atoms with E-state index in [0.29, 0.717) is 12.3 Å². The van der Waals surface area contributed by atoms with Gasteiger partial charge in [0.15, 0.2) is 5.69 Å². The summed E-state index contributed by atoms with van der Waals surface area (Å²) in [6.07, 6.45) is 2.51. The predicted molar refractivity (Wildman–Crippen MR) is 82.3 cm³/mol. The van der Waals surface area contributed by atoms with Crippen molar-refractivity contribution in [3.05, 3.63) is 42.2 Å². The number of benzene rings is 1. The average molecular weight is 287 g/mol. The first-order valence-corrected chi connectivity index (χ1v) is 6.94. The molecule has 5 heteroatoms. The Kier molecular flexibility index (Phi) is 4.31. The topological polar surface area (TPSA) is 70.1 Å². The molecule has 0 aliphatic rings. The highest BCUT2D eigenvalue weighted by Gasteiger charge is 2.15. The zero-order valence-corrected chi connectivity index (χ0v) is 12.7. The fourth-order valence-corrected chi connectivity index (χ4v) is 1.79. The Morgan fingerprint density at radius 1 is 1.29 bits per heavy atom. The highest BCUT2D eigenvalue weighted by molar-refractivity contribution is 5.87. The minimum atomic E-state index is -0.410. The summed E-state index contributed by atoms with van der Waals surface area (Å²) < 4.78 is 6.82. The molecule has 2 aromatic rings. The van der Waals surface area contributed by atoms with Crippen LogP contribution in [-0.4, -0.2) is 22.4 Å². The monoisotopic (exact) mass is 287 g/mol. The van der Waals surface area contributed by atoms with Gasteiger partial charge in [-0.3, -0.25) is 0 Å². The van der Waals surface area contributed by atoms with E-state index in [1.54, 1.807) is 23.0 Å². The van der Waals surface area contributed by atoms with Gasteiger partial charge in [-0.25, -0.2) is 9.48 Å². The third-order valence-electron chi connectivity index (χ3n) is 3.07. The Balaban J connectivity index is 2.03. The lowest BCUT2D eigenvalue weighted by Gasteiger charge is -2.17.